The van der Waals surface area contributed by atoms with Crippen LogP contribution < -0.4 is 4.90 Å². The molecule has 3 fully saturated rings. The molecule has 0 radical (unpaired) electrons. The SMILES string of the molecule is Cn1cc(-c2ccnc(N3CCCC3)n2)c([C@@H]2CCCN(C(=O)CC3CCCCC3)C2)n1. The highest BCUT2D eigenvalue weighted by Crippen LogP contribution is 2.34. The fourth-order valence-corrected chi connectivity index (χ4v) is 5.77. The van der Waals surface area contributed by atoms with E-state index < -0.39 is 0 Å². The van der Waals surface area contributed by atoms with Crippen molar-refractivity contribution in [2.24, 2.45) is 13.0 Å². The molecule has 4 heterocycles. The average molecular weight is 437 g/mol. The smallest absolute Gasteiger partial charge is 0.225 e. The van der Waals surface area contributed by atoms with E-state index in [1.54, 1.807) is 0 Å². The highest BCUT2D eigenvalue weighted by atomic mass is 16.2. The topological polar surface area (TPSA) is 67.2 Å². The molecule has 0 aromatic carbocycles. The molecule has 1 atom stereocenters. The van der Waals surface area contributed by atoms with Gasteiger partial charge in [-0.2, -0.15) is 5.10 Å². The van der Waals surface area contributed by atoms with Crippen molar-refractivity contribution >= 4 is 11.9 Å². The first-order valence-corrected chi connectivity index (χ1v) is 12.6. The number of aryl methyl sites for hydroxylation is 1. The van der Waals surface area contributed by atoms with E-state index in [0.29, 0.717) is 11.8 Å². The largest absolute Gasteiger partial charge is 0.342 e. The van der Waals surface area contributed by atoms with E-state index in [9.17, 15) is 4.79 Å². The van der Waals surface area contributed by atoms with E-state index in [1.165, 1.54) is 44.9 Å². The molecule has 5 rings (SSSR count). The molecule has 32 heavy (non-hydrogen) atoms. The molecule has 1 aliphatic carbocycles. The van der Waals surface area contributed by atoms with Crippen LogP contribution in [0, 0.1) is 5.92 Å². The predicted octanol–water partition coefficient (Wildman–Crippen LogP) is 4.15. The first-order valence-electron chi connectivity index (χ1n) is 12.6. The van der Waals surface area contributed by atoms with Gasteiger partial charge in [-0.15, -0.1) is 0 Å². The van der Waals surface area contributed by atoms with Crippen molar-refractivity contribution in [2.45, 2.75) is 70.1 Å². The second-order valence-electron chi connectivity index (χ2n) is 9.92. The fraction of sp³-hybridized carbons (Fsp3) is 0.680. The summed E-state index contributed by atoms with van der Waals surface area (Å²) >= 11 is 0. The van der Waals surface area contributed by atoms with Gasteiger partial charge in [0.1, 0.15) is 0 Å². The summed E-state index contributed by atoms with van der Waals surface area (Å²) in [7, 11) is 1.98. The number of nitrogens with zero attached hydrogens (tertiary/aromatic N) is 6. The third-order valence-corrected chi connectivity index (χ3v) is 7.51. The van der Waals surface area contributed by atoms with Crippen LogP contribution in [0.4, 0.5) is 5.95 Å². The van der Waals surface area contributed by atoms with Crippen molar-refractivity contribution in [2.75, 3.05) is 31.1 Å². The summed E-state index contributed by atoms with van der Waals surface area (Å²) in [5.41, 5.74) is 3.10. The van der Waals surface area contributed by atoms with Crippen LogP contribution in [0.5, 0.6) is 0 Å². The lowest BCUT2D eigenvalue weighted by Gasteiger charge is -2.34. The number of amides is 1. The van der Waals surface area contributed by atoms with E-state index in [4.69, 9.17) is 10.1 Å². The van der Waals surface area contributed by atoms with E-state index in [2.05, 4.69) is 21.0 Å². The van der Waals surface area contributed by atoms with Gasteiger partial charge in [0.05, 0.1) is 11.4 Å². The van der Waals surface area contributed by atoms with Crippen molar-refractivity contribution in [3.63, 3.8) is 0 Å². The lowest BCUT2D eigenvalue weighted by molar-refractivity contribution is -0.133. The molecule has 172 valence electrons. The highest BCUT2D eigenvalue weighted by Gasteiger charge is 2.30. The maximum Gasteiger partial charge on any atom is 0.225 e. The lowest BCUT2D eigenvalue weighted by atomic mass is 9.86. The van der Waals surface area contributed by atoms with Crippen LogP contribution in [0.25, 0.3) is 11.3 Å². The van der Waals surface area contributed by atoms with E-state index in [0.717, 1.165) is 68.3 Å². The zero-order valence-corrected chi connectivity index (χ0v) is 19.4. The van der Waals surface area contributed by atoms with Crippen LogP contribution in [0.15, 0.2) is 18.5 Å². The summed E-state index contributed by atoms with van der Waals surface area (Å²) < 4.78 is 1.89. The third-order valence-electron chi connectivity index (χ3n) is 7.51. The molecule has 7 heteroatoms. The van der Waals surface area contributed by atoms with Gasteiger partial charge in [-0.1, -0.05) is 19.3 Å². The maximum absolute atomic E-state index is 13.1. The molecule has 0 spiro atoms. The number of hydrogen-bond acceptors (Lipinski definition) is 5. The first kappa shape index (κ1) is 21.4. The van der Waals surface area contributed by atoms with Crippen molar-refractivity contribution in [3.05, 3.63) is 24.2 Å². The quantitative estimate of drug-likeness (QED) is 0.704. The second-order valence-corrected chi connectivity index (χ2v) is 9.92. The van der Waals surface area contributed by atoms with Gasteiger partial charge in [-0.3, -0.25) is 9.48 Å². The molecule has 2 aromatic heterocycles. The van der Waals surface area contributed by atoms with Crippen molar-refractivity contribution in [1.82, 2.24) is 24.6 Å². The maximum atomic E-state index is 13.1. The third kappa shape index (κ3) is 4.66. The number of aromatic nitrogens is 4. The Morgan fingerprint density at radius 3 is 2.66 bits per heavy atom. The monoisotopic (exact) mass is 436 g/mol. The standard InChI is InChI=1S/C25H36N6O/c1-29-18-21(22-11-12-26-25(27-22)30-13-5-6-14-30)24(28-29)20-10-7-15-31(17-20)23(32)16-19-8-3-2-4-9-19/h11-12,18-20H,2-10,13-17H2,1H3/t20-/m1/s1. The summed E-state index contributed by atoms with van der Waals surface area (Å²) in [5, 5.41) is 4.85. The Balaban J connectivity index is 1.33. The molecule has 2 aliphatic heterocycles. The van der Waals surface area contributed by atoms with Crippen LogP contribution in [-0.4, -0.2) is 56.7 Å². The molecule has 2 saturated heterocycles. The number of anilines is 1. The Kier molecular flexibility index (Phi) is 6.42. The van der Waals surface area contributed by atoms with Crippen LogP contribution in [0.1, 0.15) is 75.8 Å². The number of piperidine rings is 1. The van der Waals surface area contributed by atoms with Gasteiger partial charge in [0.25, 0.3) is 0 Å². The zero-order chi connectivity index (χ0) is 21.9. The van der Waals surface area contributed by atoms with Crippen LogP contribution in [0.3, 0.4) is 0 Å². The van der Waals surface area contributed by atoms with Crippen molar-refractivity contribution in [1.29, 1.82) is 0 Å². The molecule has 7 nitrogen and oxygen atoms in total. The summed E-state index contributed by atoms with van der Waals surface area (Å²) in [6.45, 7) is 3.73. The van der Waals surface area contributed by atoms with Gasteiger partial charge >= 0.3 is 0 Å². The minimum absolute atomic E-state index is 0.264. The van der Waals surface area contributed by atoms with E-state index >= 15 is 0 Å². The minimum Gasteiger partial charge on any atom is -0.342 e. The summed E-state index contributed by atoms with van der Waals surface area (Å²) in [5.74, 6) is 2.02. The summed E-state index contributed by atoms with van der Waals surface area (Å²) in [4.78, 5) is 26.9. The molecule has 0 bridgehead atoms. The molecule has 1 saturated carbocycles. The number of carbonyl (C=O) groups excluding carboxylic acids is 1. The Bertz CT molecular complexity index is 928. The Labute approximate surface area is 191 Å². The Morgan fingerprint density at radius 1 is 1.03 bits per heavy atom. The molecular formula is C25H36N6O. The van der Waals surface area contributed by atoms with E-state index in [-0.39, 0.29) is 5.92 Å². The second kappa shape index (κ2) is 9.59. The zero-order valence-electron chi connectivity index (χ0n) is 19.4. The van der Waals surface area contributed by atoms with Crippen LogP contribution in [-0.2, 0) is 11.8 Å². The van der Waals surface area contributed by atoms with Gasteiger partial charge in [-0.05, 0) is 50.5 Å². The van der Waals surface area contributed by atoms with Crippen LogP contribution in [0.2, 0.25) is 0 Å². The molecule has 3 aliphatic rings. The van der Waals surface area contributed by atoms with Crippen LogP contribution >= 0.6 is 0 Å². The van der Waals surface area contributed by atoms with Crippen molar-refractivity contribution in [3.8, 4) is 11.3 Å². The Hall–Kier alpha value is -2.44. The summed E-state index contributed by atoms with van der Waals surface area (Å²) in [6, 6.07) is 1.99. The fourth-order valence-electron chi connectivity index (χ4n) is 5.77. The highest BCUT2D eigenvalue weighted by molar-refractivity contribution is 5.76. The minimum atomic E-state index is 0.264. The first-order chi connectivity index (χ1) is 15.7. The number of carbonyl (C=O) groups is 1. The van der Waals surface area contributed by atoms with Gasteiger partial charge in [-0.25, -0.2) is 9.97 Å². The lowest BCUT2D eigenvalue weighted by Crippen LogP contribution is -2.40. The molecule has 1 amide bonds. The van der Waals surface area contributed by atoms with Gasteiger partial charge in [0.2, 0.25) is 11.9 Å². The molecule has 0 N–H and O–H groups in total. The molecular weight excluding hydrogens is 400 g/mol. The number of hydrogen-bond donors (Lipinski definition) is 0. The van der Waals surface area contributed by atoms with E-state index in [1.807, 2.05) is 24.0 Å². The predicted molar refractivity (Wildman–Crippen MR) is 125 cm³/mol. The summed E-state index contributed by atoms with van der Waals surface area (Å²) in [6.07, 6.45) is 15.6. The van der Waals surface area contributed by atoms with Crippen molar-refractivity contribution < 1.29 is 4.79 Å². The number of likely N-dealkylation sites (tertiary alicyclic amines) is 1. The Morgan fingerprint density at radius 2 is 1.84 bits per heavy atom. The average Bonchev–Trinajstić information content (AvgIpc) is 3.50. The normalized spacial score (nSPS) is 22.5. The van der Waals surface area contributed by atoms with Gasteiger partial charge in [0.15, 0.2) is 0 Å². The van der Waals surface area contributed by atoms with Gasteiger partial charge < -0.3 is 9.80 Å². The molecule has 0 unspecified atom stereocenters. The number of rotatable bonds is 5. The van der Waals surface area contributed by atoms with Gasteiger partial charge in [0, 0.05) is 63.5 Å². The molecule has 2 aromatic rings.